The van der Waals surface area contributed by atoms with E-state index in [-0.39, 0.29) is 0 Å². The van der Waals surface area contributed by atoms with E-state index in [1.807, 2.05) is 0 Å². The molecule has 0 bridgehead atoms. The largest absolute Gasteiger partial charge is 0.496 e. The highest BCUT2D eigenvalue weighted by molar-refractivity contribution is 9.10. The number of rotatable bonds is 3. The summed E-state index contributed by atoms with van der Waals surface area (Å²) in [4.78, 5) is 0. The SMILES string of the molecule is COc1ccc(F)cc1C(O)c1cc(Br)ccc1N. The number of halogens is 2. The molecule has 0 heterocycles. The number of methoxy groups -OCH3 is 1. The first-order chi connectivity index (χ1) is 9.02. The Balaban J connectivity index is 2.51. The van der Waals surface area contributed by atoms with E-state index in [1.165, 1.54) is 25.3 Å². The van der Waals surface area contributed by atoms with Crippen molar-refractivity contribution < 1.29 is 14.2 Å². The standard InChI is InChI=1S/C14H13BrFNO2/c1-19-13-5-3-9(16)7-11(13)14(18)10-6-8(15)2-4-12(10)17/h2-7,14,18H,17H2,1H3. The second-order valence-electron chi connectivity index (χ2n) is 4.06. The maximum Gasteiger partial charge on any atom is 0.125 e. The fourth-order valence-corrected chi connectivity index (χ4v) is 2.25. The van der Waals surface area contributed by atoms with Crippen molar-refractivity contribution in [2.24, 2.45) is 0 Å². The van der Waals surface area contributed by atoms with Crippen molar-refractivity contribution in [1.29, 1.82) is 0 Å². The van der Waals surface area contributed by atoms with Crippen LogP contribution in [0.4, 0.5) is 10.1 Å². The van der Waals surface area contributed by atoms with Crippen molar-refractivity contribution in [1.82, 2.24) is 0 Å². The van der Waals surface area contributed by atoms with Gasteiger partial charge in [0.25, 0.3) is 0 Å². The van der Waals surface area contributed by atoms with Crippen LogP contribution in [0.1, 0.15) is 17.2 Å². The zero-order chi connectivity index (χ0) is 14.0. The Bertz CT molecular complexity index is 604. The monoisotopic (exact) mass is 325 g/mol. The Hall–Kier alpha value is -1.59. The first-order valence-electron chi connectivity index (χ1n) is 5.59. The van der Waals surface area contributed by atoms with E-state index in [9.17, 15) is 9.50 Å². The van der Waals surface area contributed by atoms with E-state index in [2.05, 4.69) is 15.9 Å². The lowest BCUT2D eigenvalue weighted by Crippen LogP contribution is -2.06. The van der Waals surface area contributed by atoms with Gasteiger partial charge < -0.3 is 15.6 Å². The third-order valence-corrected chi connectivity index (χ3v) is 3.32. The Morgan fingerprint density at radius 2 is 1.95 bits per heavy atom. The number of hydrogen-bond donors (Lipinski definition) is 2. The van der Waals surface area contributed by atoms with Gasteiger partial charge in [-0.05, 0) is 36.4 Å². The molecule has 0 radical (unpaired) electrons. The quantitative estimate of drug-likeness (QED) is 0.851. The van der Waals surface area contributed by atoms with Gasteiger partial charge in [-0.1, -0.05) is 15.9 Å². The van der Waals surface area contributed by atoms with Crippen molar-refractivity contribution >= 4 is 21.6 Å². The van der Waals surface area contributed by atoms with Crippen molar-refractivity contribution in [3.63, 3.8) is 0 Å². The summed E-state index contributed by atoms with van der Waals surface area (Å²) in [7, 11) is 1.47. The summed E-state index contributed by atoms with van der Waals surface area (Å²) in [5.74, 6) is -0.0308. The molecule has 1 unspecified atom stereocenters. The van der Waals surface area contributed by atoms with Gasteiger partial charge in [0.1, 0.15) is 17.7 Å². The highest BCUT2D eigenvalue weighted by Crippen LogP contribution is 2.34. The van der Waals surface area contributed by atoms with Gasteiger partial charge in [0.05, 0.1) is 7.11 Å². The molecule has 3 N–H and O–H groups in total. The molecule has 0 saturated carbocycles. The normalized spacial score (nSPS) is 12.2. The number of anilines is 1. The Morgan fingerprint density at radius 1 is 1.21 bits per heavy atom. The second kappa shape index (κ2) is 5.59. The van der Waals surface area contributed by atoms with E-state index >= 15 is 0 Å². The molecule has 0 aromatic heterocycles. The lowest BCUT2D eigenvalue weighted by molar-refractivity contribution is 0.215. The third kappa shape index (κ3) is 2.88. The van der Waals surface area contributed by atoms with Crippen molar-refractivity contribution in [3.05, 3.63) is 57.8 Å². The van der Waals surface area contributed by atoms with E-state index in [0.717, 1.165) is 4.47 Å². The van der Waals surface area contributed by atoms with Gasteiger partial charge in [0.2, 0.25) is 0 Å². The fourth-order valence-electron chi connectivity index (χ4n) is 1.87. The van der Waals surface area contributed by atoms with Crippen molar-refractivity contribution in [3.8, 4) is 5.75 Å². The number of nitrogens with two attached hydrogens (primary N) is 1. The summed E-state index contributed by atoms with van der Waals surface area (Å²) in [5, 5.41) is 10.4. The molecule has 3 nitrogen and oxygen atoms in total. The molecule has 0 saturated heterocycles. The van der Waals surface area contributed by atoms with Crippen LogP contribution in [0.2, 0.25) is 0 Å². The van der Waals surface area contributed by atoms with Gasteiger partial charge >= 0.3 is 0 Å². The van der Waals surface area contributed by atoms with Crippen molar-refractivity contribution in [2.45, 2.75) is 6.10 Å². The average Bonchev–Trinajstić information content (AvgIpc) is 2.40. The molecule has 0 amide bonds. The molecule has 5 heteroatoms. The Labute approximate surface area is 118 Å². The minimum atomic E-state index is -1.05. The van der Waals surface area contributed by atoms with Gasteiger partial charge in [-0.2, -0.15) is 0 Å². The smallest absolute Gasteiger partial charge is 0.125 e. The van der Waals surface area contributed by atoms with Crippen LogP contribution in [0.3, 0.4) is 0 Å². The molecule has 19 heavy (non-hydrogen) atoms. The molecular formula is C14H13BrFNO2. The van der Waals surface area contributed by atoms with Gasteiger partial charge in [-0.3, -0.25) is 0 Å². The number of nitrogen functional groups attached to an aromatic ring is 1. The maximum atomic E-state index is 13.3. The van der Waals surface area contributed by atoms with Crippen LogP contribution >= 0.6 is 15.9 Å². The van der Waals surface area contributed by atoms with Gasteiger partial charge in [-0.15, -0.1) is 0 Å². The molecular weight excluding hydrogens is 313 g/mol. The van der Waals surface area contributed by atoms with Crippen LogP contribution in [-0.2, 0) is 0 Å². The zero-order valence-electron chi connectivity index (χ0n) is 10.2. The molecule has 1 atom stereocenters. The highest BCUT2D eigenvalue weighted by Gasteiger charge is 2.18. The van der Waals surface area contributed by atoms with Gasteiger partial charge in [-0.25, -0.2) is 4.39 Å². The number of aliphatic hydroxyl groups is 1. The summed E-state index contributed by atoms with van der Waals surface area (Å²) in [6.45, 7) is 0. The topological polar surface area (TPSA) is 55.5 Å². The van der Waals surface area contributed by atoms with Crippen LogP contribution in [0, 0.1) is 5.82 Å². The number of ether oxygens (including phenoxy) is 1. The Kier molecular flexibility index (Phi) is 4.07. The predicted molar refractivity (Wildman–Crippen MR) is 75.6 cm³/mol. The first kappa shape index (κ1) is 13.8. The molecule has 0 spiro atoms. The van der Waals surface area contributed by atoms with Crippen LogP contribution in [0.5, 0.6) is 5.75 Å². The molecule has 0 aliphatic carbocycles. The van der Waals surface area contributed by atoms with Gasteiger partial charge in [0, 0.05) is 21.3 Å². The highest BCUT2D eigenvalue weighted by atomic mass is 79.9. The number of benzene rings is 2. The summed E-state index contributed by atoms with van der Waals surface area (Å²) < 4.78 is 19.2. The summed E-state index contributed by atoms with van der Waals surface area (Å²) in [6.07, 6.45) is -1.05. The maximum absolute atomic E-state index is 13.3. The Morgan fingerprint density at radius 3 is 2.63 bits per heavy atom. The predicted octanol–water partition coefficient (Wildman–Crippen LogP) is 3.26. The van der Waals surface area contributed by atoms with Crippen LogP contribution < -0.4 is 10.5 Å². The average molecular weight is 326 g/mol. The lowest BCUT2D eigenvalue weighted by atomic mass is 9.99. The summed E-state index contributed by atoms with van der Waals surface area (Å²) in [5.41, 5.74) is 7.11. The second-order valence-corrected chi connectivity index (χ2v) is 4.98. The summed E-state index contributed by atoms with van der Waals surface area (Å²) >= 11 is 3.32. The summed E-state index contributed by atoms with van der Waals surface area (Å²) in [6, 6.07) is 9.14. The minimum Gasteiger partial charge on any atom is -0.496 e. The molecule has 2 aromatic carbocycles. The van der Waals surface area contributed by atoms with E-state index < -0.39 is 11.9 Å². The number of aliphatic hydroxyl groups excluding tert-OH is 1. The molecule has 100 valence electrons. The lowest BCUT2D eigenvalue weighted by Gasteiger charge is -2.17. The molecule has 0 aliphatic heterocycles. The van der Waals surface area contributed by atoms with Gasteiger partial charge in [0.15, 0.2) is 0 Å². The van der Waals surface area contributed by atoms with Crippen molar-refractivity contribution in [2.75, 3.05) is 12.8 Å². The third-order valence-electron chi connectivity index (χ3n) is 2.83. The fraction of sp³-hybridized carbons (Fsp3) is 0.143. The van der Waals surface area contributed by atoms with E-state index in [4.69, 9.17) is 10.5 Å². The molecule has 0 fully saturated rings. The molecule has 2 rings (SSSR count). The van der Waals surface area contributed by atoms with E-state index in [1.54, 1.807) is 18.2 Å². The van der Waals surface area contributed by atoms with Crippen LogP contribution in [0.25, 0.3) is 0 Å². The van der Waals surface area contributed by atoms with E-state index in [0.29, 0.717) is 22.6 Å². The zero-order valence-corrected chi connectivity index (χ0v) is 11.8. The number of hydrogen-bond acceptors (Lipinski definition) is 3. The molecule has 2 aromatic rings. The minimum absolute atomic E-state index is 0.340. The van der Waals surface area contributed by atoms with Crippen LogP contribution in [0.15, 0.2) is 40.9 Å². The van der Waals surface area contributed by atoms with Crippen LogP contribution in [-0.4, -0.2) is 12.2 Å². The molecule has 0 aliphatic rings. The first-order valence-corrected chi connectivity index (χ1v) is 6.38.